The minimum Gasteiger partial charge on any atom is -0.331 e. The van der Waals surface area contributed by atoms with Crippen LogP contribution >= 0.6 is 0 Å². The highest BCUT2D eigenvalue weighted by Crippen LogP contribution is 2.28. The number of nitrogens with zero attached hydrogens (tertiary/aromatic N) is 2. The quantitative estimate of drug-likeness (QED) is 0.747. The topological polar surface area (TPSA) is 23.6 Å². The maximum absolute atomic E-state index is 11.8. The minimum absolute atomic E-state index is 0.136. The summed E-state index contributed by atoms with van der Waals surface area (Å²) in [5, 5.41) is 0. The van der Waals surface area contributed by atoms with Crippen LogP contribution in [0, 0.1) is 6.92 Å². The molecule has 0 spiro atoms. The lowest BCUT2D eigenvalue weighted by Gasteiger charge is -2.33. The highest BCUT2D eigenvalue weighted by Gasteiger charge is 2.24. The fourth-order valence-electron chi connectivity index (χ4n) is 2.53. The summed E-state index contributed by atoms with van der Waals surface area (Å²) in [5.41, 5.74) is 2.72. The van der Waals surface area contributed by atoms with Crippen molar-refractivity contribution in [1.29, 1.82) is 0 Å². The van der Waals surface area contributed by atoms with Gasteiger partial charge in [0.15, 0.2) is 0 Å². The second-order valence-electron chi connectivity index (χ2n) is 5.35. The lowest BCUT2D eigenvalue weighted by molar-refractivity contribution is 0.156. The summed E-state index contributed by atoms with van der Waals surface area (Å²) in [6, 6.07) is 8.93. The molecule has 1 aliphatic rings. The maximum atomic E-state index is 11.8. The van der Waals surface area contributed by atoms with E-state index < -0.39 is 0 Å². The van der Waals surface area contributed by atoms with E-state index in [0.29, 0.717) is 5.92 Å². The van der Waals surface area contributed by atoms with Gasteiger partial charge in [-0.25, -0.2) is 4.79 Å². The SMILES string of the molecule is Cc1ccc(C2CCN(C(=O)N(C)C)CC2)cc1. The fourth-order valence-corrected chi connectivity index (χ4v) is 2.53. The van der Waals surface area contributed by atoms with Crippen molar-refractivity contribution in [1.82, 2.24) is 9.80 Å². The number of likely N-dealkylation sites (tertiary alicyclic amines) is 1. The molecule has 0 aliphatic carbocycles. The molecule has 98 valence electrons. The molecule has 0 saturated carbocycles. The highest BCUT2D eigenvalue weighted by molar-refractivity contribution is 5.73. The molecule has 1 heterocycles. The summed E-state index contributed by atoms with van der Waals surface area (Å²) in [6.07, 6.45) is 2.14. The monoisotopic (exact) mass is 246 g/mol. The molecule has 1 aliphatic heterocycles. The molecule has 1 saturated heterocycles. The van der Waals surface area contributed by atoms with Crippen LogP contribution in [0.3, 0.4) is 0 Å². The Kier molecular flexibility index (Phi) is 3.90. The largest absolute Gasteiger partial charge is 0.331 e. The molecule has 18 heavy (non-hydrogen) atoms. The van der Waals surface area contributed by atoms with Gasteiger partial charge in [-0.05, 0) is 31.2 Å². The molecular formula is C15H22N2O. The number of carbonyl (C=O) groups excluding carboxylic acids is 1. The molecular weight excluding hydrogens is 224 g/mol. The summed E-state index contributed by atoms with van der Waals surface area (Å²) in [6.45, 7) is 3.85. The Morgan fingerprint density at radius 3 is 2.22 bits per heavy atom. The number of hydrogen-bond acceptors (Lipinski definition) is 1. The molecule has 0 N–H and O–H groups in total. The predicted octanol–water partition coefficient (Wildman–Crippen LogP) is 2.86. The minimum atomic E-state index is 0.136. The van der Waals surface area contributed by atoms with Crippen molar-refractivity contribution in [3.63, 3.8) is 0 Å². The van der Waals surface area contributed by atoms with Crippen molar-refractivity contribution in [3.05, 3.63) is 35.4 Å². The molecule has 1 aromatic carbocycles. The van der Waals surface area contributed by atoms with Gasteiger partial charge in [-0.2, -0.15) is 0 Å². The average Bonchev–Trinajstić information content (AvgIpc) is 2.39. The van der Waals surface area contributed by atoms with E-state index in [2.05, 4.69) is 31.2 Å². The molecule has 0 bridgehead atoms. The van der Waals surface area contributed by atoms with Crippen LogP contribution in [0.1, 0.15) is 29.9 Å². The Morgan fingerprint density at radius 2 is 1.72 bits per heavy atom. The lowest BCUT2D eigenvalue weighted by Crippen LogP contribution is -2.43. The number of benzene rings is 1. The van der Waals surface area contributed by atoms with E-state index in [4.69, 9.17) is 0 Å². The van der Waals surface area contributed by atoms with Crippen LogP contribution < -0.4 is 0 Å². The number of rotatable bonds is 1. The van der Waals surface area contributed by atoms with Crippen LogP contribution in [-0.4, -0.2) is 43.0 Å². The first-order valence-electron chi connectivity index (χ1n) is 6.60. The molecule has 1 fully saturated rings. The Balaban J connectivity index is 1.94. The number of piperidine rings is 1. The van der Waals surface area contributed by atoms with Crippen LogP contribution in [0.2, 0.25) is 0 Å². The summed E-state index contributed by atoms with van der Waals surface area (Å²) in [4.78, 5) is 15.4. The smallest absolute Gasteiger partial charge is 0.319 e. The van der Waals surface area contributed by atoms with E-state index in [0.717, 1.165) is 25.9 Å². The van der Waals surface area contributed by atoms with Gasteiger partial charge in [0.2, 0.25) is 0 Å². The Labute approximate surface area is 109 Å². The van der Waals surface area contributed by atoms with Crippen molar-refractivity contribution in [2.24, 2.45) is 0 Å². The zero-order valence-corrected chi connectivity index (χ0v) is 11.5. The molecule has 0 unspecified atom stereocenters. The van der Waals surface area contributed by atoms with Crippen LogP contribution in [0.4, 0.5) is 4.79 Å². The molecule has 3 heteroatoms. The second kappa shape index (κ2) is 5.42. The van der Waals surface area contributed by atoms with E-state index in [1.807, 2.05) is 19.0 Å². The Bertz CT molecular complexity index is 403. The number of amides is 2. The van der Waals surface area contributed by atoms with Crippen LogP contribution in [0.15, 0.2) is 24.3 Å². The van der Waals surface area contributed by atoms with Crippen LogP contribution in [0.5, 0.6) is 0 Å². The van der Waals surface area contributed by atoms with E-state index >= 15 is 0 Å². The summed E-state index contributed by atoms with van der Waals surface area (Å²) in [5.74, 6) is 0.608. The normalized spacial score (nSPS) is 16.7. The zero-order chi connectivity index (χ0) is 13.1. The summed E-state index contributed by atoms with van der Waals surface area (Å²) >= 11 is 0. The van der Waals surface area contributed by atoms with Gasteiger partial charge in [0.05, 0.1) is 0 Å². The first-order valence-corrected chi connectivity index (χ1v) is 6.60. The van der Waals surface area contributed by atoms with Gasteiger partial charge in [-0.15, -0.1) is 0 Å². The van der Waals surface area contributed by atoms with Gasteiger partial charge in [0, 0.05) is 27.2 Å². The highest BCUT2D eigenvalue weighted by atomic mass is 16.2. The van der Waals surface area contributed by atoms with Gasteiger partial charge in [0.1, 0.15) is 0 Å². The van der Waals surface area contributed by atoms with Crippen LogP contribution in [-0.2, 0) is 0 Å². The molecule has 0 atom stereocenters. The van der Waals surface area contributed by atoms with Gasteiger partial charge in [0.25, 0.3) is 0 Å². The van der Waals surface area contributed by atoms with Crippen molar-refractivity contribution < 1.29 is 4.79 Å². The van der Waals surface area contributed by atoms with Crippen molar-refractivity contribution >= 4 is 6.03 Å². The third kappa shape index (κ3) is 2.84. The van der Waals surface area contributed by atoms with Crippen molar-refractivity contribution in [2.75, 3.05) is 27.2 Å². The average molecular weight is 246 g/mol. The maximum Gasteiger partial charge on any atom is 0.319 e. The third-order valence-corrected chi connectivity index (χ3v) is 3.70. The molecule has 0 radical (unpaired) electrons. The van der Waals surface area contributed by atoms with E-state index in [-0.39, 0.29) is 6.03 Å². The molecule has 0 aromatic heterocycles. The van der Waals surface area contributed by atoms with Crippen LogP contribution in [0.25, 0.3) is 0 Å². The summed E-state index contributed by atoms with van der Waals surface area (Å²) in [7, 11) is 3.63. The fraction of sp³-hybridized carbons (Fsp3) is 0.533. The Hall–Kier alpha value is -1.51. The molecule has 3 nitrogen and oxygen atoms in total. The van der Waals surface area contributed by atoms with E-state index in [9.17, 15) is 4.79 Å². The van der Waals surface area contributed by atoms with Gasteiger partial charge < -0.3 is 9.80 Å². The third-order valence-electron chi connectivity index (χ3n) is 3.70. The van der Waals surface area contributed by atoms with E-state index in [1.165, 1.54) is 11.1 Å². The van der Waals surface area contributed by atoms with Crippen molar-refractivity contribution in [3.8, 4) is 0 Å². The van der Waals surface area contributed by atoms with Gasteiger partial charge >= 0.3 is 6.03 Å². The summed E-state index contributed by atoms with van der Waals surface area (Å²) < 4.78 is 0. The molecule has 1 aromatic rings. The molecule has 2 rings (SSSR count). The van der Waals surface area contributed by atoms with Gasteiger partial charge in [-0.1, -0.05) is 29.8 Å². The van der Waals surface area contributed by atoms with Crippen molar-refractivity contribution in [2.45, 2.75) is 25.7 Å². The number of hydrogen-bond donors (Lipinski definition) is 0. The second-order valence-corrected chi connectivity index (χ2v) is 5.35. The number of aryl methyl sites for hydroxylation is 1. The Morgan fingerprint density at radius 1 is 1.17 bits per heavy atom. The van der Waals surface area contributed by atoms with Gasteiger partial charge in [-0.3, -0.25) is 0 Å². The predicted molar refractivity (Wildman–Crippen MR) is 73.8 cm³/mol. The first-order chi connectivity index (χ1) is 8.58. The van der Waals surface area contributed by atoms with E-state index in [1.54, 1.807) is 4.90 Å². The number of urea groups is 1. The first kappa shape index (κ1) is 12.9. The standard InChI is InChI=1S/C15H22N2O/c1-12-4-6-13(7-5-12)14-8-10-17(11-9-14)15(18)16(2)3/h4-7,14H,8-11H2,1-3H3. The zero-order valence-electron chi connectivity index (χ0n) is 11.5. The molecule has 2 amide bonds. The number of carbonyl (C=O) groups is 1. The lowest BCUT2D eigenvalue weighted by atomic mass is 9.89.